The van der Waals surface area contributed by atoms with E-state index in [1.165, 1.54) is 18.2 Å². The molecule has 8 nitrogen and oxygen atoms in total. The van der Waals surface area contributed by atoms with Gasteiger partial charge < -0.3 is 9.80 Å². The molecule has 31 heavy (non-hydrogen) atoms. The topological polar surface area (TPSA) is 92.5 Å². The van der Waals surface area contributed by atoms with Crippen molar-refractivity contribution in [2.75, 3.05) is 31.1 Å². The first-order valence-corrected chi connectivity index (χ1v) is 10.2. The van der Waals surface area contributed by atoms with Gasteiger partial charge in [-0.1, -0.05) is 35.9 Å². The molecule has 158 valence electrons. The maximum absolute atomic E-state index is 12.9. The number of hydrogen-bond acceptors (Lipinski definition) is 6. The molecule has 0 aliphatic carbocycles. The predicted molar refractivity (Wildman–Crippen MR) is 118 cm³/mol. The smallest absolute Gasteiger partial charge is 0.282 e. The molecule has 0 bridgehead atoms. The number of carbonyl (C=O) groups excluding carboxylic acids is 1. The third kappa shape index (κ3) is 4.34. The average molecular weight is 438 g/mol. The van der Waals surface area contributed by atoms with E-state index in [1.54, 1.807) is 4.90 Å². The first-order valence-electron chi connectivity index (χ1n) is 9.82. The van der Waals surface area contributed by atoms with E-state index in [0.717, 1.165) is 22.6 Å². The molecule has 3 aromatic rings. The average Bonchev–Trinajstić information content (AvgIpc) is 2.79. The fourth-order valence-corrected chi connectivity index (χ4v) is 3.82. The third-order valence-electron chi connectivity index (χ3n) is 5.35. The predicted octanol–water partition coefficient (Wildman–Crippen LogP) is 3.98. The van der Waals surface area contributed by atoms with E-state index in [2.05, 4.69) is 10.2 Å². The summed E-state index contributed by atoms with van der Waals surface area (Å²) in [7, 11) is 0. The van der Waals surface area contributed by atoms with Gasteiger partial charge in [0, 0.05) is 42.8 Å². The van der Waals surface area contributed by atoms with Crippen molar-refractivity contribution in [2.45, 2.75) is 6.92 Å². The quantitative estimate of drug-likeness (QED) is 0.453. The highest BCUT2D eigenvalue weighted by Crippen LogP contribution is 2.26. The van der Waals surface area contributed by atoms with E-state index in [-0.39, 0.29) is 16.3 Å². The summed E-state index contributed by atoms with van der Waals surface area (Å²) in [6.45, 7) is 3.98. The maximum Gasteiger partial charge on any atom is 0.282 e. The fraction of sp³-hybridized carbons (Fsp3) is 0.227. The minimum Gasteiger partial charge on any atom is -0.352 e. The number of nitrogens with zero attached hydrogens (tertiary/aromatic N) is 5. The molecule has 0 N–H and O–H groups in total. The van der Waals surface area contributed by atoms with Crippen LogP contribution in [0.15, 0.2) is 54.6 Å². The van der Waals surface area contributed by atoms with Gasteiger partial charge >= 0.3 is 0 Å². The van der Waals surface area contributed by atoms with E-state index in [1.807, 2.05) is 48.2 Å². The molecule has 2 aromatic carbocycles. The van der Waals surface area contributed by atoms with Crippen molar-refractivity contribution >= 4 is 29.0 Å². The number of nitro groups is 1. The summed E-state index contributed by atoms with van der Waals surface area (Å²) in [5.41, 5.74) is 2.75. The maximum atomic E-state index is 12.9. The second-order valence-electron chi connectivity index (χ2n) is 7.29. The van der Waals surface area contributed by atoms with Gasteiger partial charge in [-0.25, -0.2) is 0 Å². The standard InChI is InChI=1S/C22H20ClN5O3/c1-15-4-2-3-5-17(15)19-7-9-21(25-24-19)26-10-12-27(13-11-26)22(29)18-14-16(23)6-8-20(18)28(30)31/h2-9,14H,10-13H2,1H3. The summed E-state index contributed by atoms with van der Waals surface area (Å²) < 4.78 is 0. The number of carbonyl (C=O) groups is 1. The number of anilines is 1. The van der Waals surface area contributed by atoms with Gasteiger partial charge in [0.15, 0.2) is 5.82 Å². The molecule has 0 saturated carbocycles. The highest BCUT2D eigenvalue weighted by Gasteiger charge is 2.28. The van der Waals surface area contributed by atoms with Crippen LogP contribution in [0.1, 0.15) is 15.9 Å². The van der Waals surface area contributed by atoms with Gasteiger partial charge in [-0.05, 0) is 36.8 Å². The van der Waals surface area contributed by atoms with E-state index in [0.29, 0.717) is 26.2 Å². The SMILES string of the molecule is Cc1ccccc1-c1ccc(N2CCN(C(=O)c3cc(Cl)ccc3[N+](=O)[O-])CC2)nn1. The number of piperazine rings is 1. The number of nitro benzene ring substituents is 1. The second-order valence-corrected chi connectivity index (χ2v) is 7.73. The molecule has 4 rings (SSSR count). The number of benzene rings is 2. The summed E-state index contributed by atoms with van der Waals surface area (Å²) in [4.78, 5) is 27.2. The first-order chi connectivity index (χ1) is 14.9. The summed E-state index contributed by atoms with van der Waals surface area (Å²) in [6, 6.07) is 15.9. The van der Waals surface area contributed by atoms with Crippen LogP contribution in [-0.4, -0.2) is 52.1 Å². The van der Waals surface area contributed by atoms with E-state index in [9.17, 15) is 14.9 Å². The number of aromatic nitrogens is 2. The molecule has 1 aliphatic rings. The molecule has 1 aliphatic heterocycles. The van der Waals surface area contributed by atoms with Gasteiger partial charge in [0.05, 0.1) is 10.6 Å². The molecule has 0 atom stereocenters. The van der Waals surface area contributed by atoms with Crippen molar-refractivity contribution in [2.24, 2.45) is 0 Å². The van der Waals surface area contributed by atoms with Gasteiger partial charge in [0.25, 0.3) is 11.6 Å². The normalized spacial score (nSPS) is 13.9. The lowest BCUT2D eigenvalue weighted by Gasteiger charge is -2.35. The molecular weight excluding hydrogens is 418 g/mol. The monoisotopic (exact) mass is 437 g/mol. The Bertz CT molecular complexity index is 1130. The Kier molecular flexibility index (Phi) is 5.81. The lowest BCUT2D eigenvalue weighted by molar-refractivity contribution is -0.385. The highest BCUT2D eigenvalue weighted by molar-refractivity contribution is 6.31. The molecule has 2 heterocycles. The van der Waals surface area contributed by atoms with Gasteiger partial charge in [-0.3, -0.25) is 14.9 Å². The first kappa shape index (κ1) is 20.7. The van der Waals surface area contributed by atoms with Crippen LogP contribution in [0.2, 0.25) is 5.02 Å². The Hall–Kier alpha value is -3.52. The Balaban J connectivity index is 1.45. The number of aryl methyl sites for hydroxylation is 1. The van der Waals surface area contributed by atoms with Crippen LogP contribution < -0.4 is 4.90 Å². The van der Waals surface area contributed by atoms with Crippen LogP contribution in [0, 0.1) is 17.0 Å². The minimum atomic E-state index is -0.564. The Labute approximate surface area is 184 Å². The largest absolute Gasteiger partial charge is 0.352 e. The minimum absolute atomic E-state index is 0.00771. The van der Waals surface area contributed by atoms with Crippen LogP contribution in [0.4, 0.5) is 11.5 Å². The van der Waals surface area contributed by atoms with E-state index >= 15 is 0 Å². The Morgan fingerprint density at radius 3 is 2.42 bits per heavy atom. The fourth-order valence-electron chi connectivity index (χ4n) is 3.65. The van der Waals surface area contributed by atoms with Crippen LogP contribution in [-0.2, 0) is 0 Å². The van der Waals surface area contributed by atoms with Gasteiger partial charge in [0.2, 0.25) is 0 Å². The van der Waals surface area contributed by atoms with Crippen molar-refractivity contribution in [3.63, 3.8) is 0 Å². The second kappa shape index (κ2) is 8.69. The summed E-state index contributed by atoms with van der Waals surface area (Å²) >= 11 is 5.96. The molecular formula is C22H20ClN5O3. The van der Waals surface area contributed by atoms with Crippen molar-refractivity contribution in [3.8, 4) is 11.3 Å². The Morgan fingerprint density at radius 2 is 1.77 bits per heavy atom. The van der Waals surface area contributed by atoms with Crippen molar-refractivity contribution in [1.82, 2.24) is 15.1 Å². The van der Waals surface area contributed by atoms with Crippen molar-refractivity contribution < 1.29 is 9.72 Å². The summed E-state index contributed by atoms with van der Waals surface area (Å²) in [5.74, 6) is 0.341. The van der Waals surface area contributed by atoms with Crippen LogP contribution in [0.5, 0.6) is 0 Å². The van der Waals surface area contributed by atoms with E-state index < -0.39 is 10.8 Å². The molecule has 1 aromatic heterocycles. The number of rotatable bonds is 4. The van der Waals surface area contributed by atoms with Crippen LogP contribution in [0.25, 0.3) is 11.3 Å². The highest BCUT2D eigenvalue weighted by atomic mass is 35.5. The summed E-state index contributed by atoms with van der Waals surface area (Å²) in [6.07, 6.45) is 0. The molecule has 0 spiro atoms. The van der Waals surface area contributed by atoms with Crippen molar-refractivity contribution in [3.05, 3.63) is 80.9 Å². The molecule has 0 radical (unpaired) electrons. The lowest BCUT2D eigenvalue weighted by Crippen LogP contribution is -2.49. The molecule has 0 unspecified atom stereocenters. The third-order valence-corrected chi connectivity index (χ3v) is 5.58. The molecule has 1 amide bonds. The number of halogens is 1. The van der Waals surface area contributed by atoms with Gasteiger partial charge in [-0.15, -0.1) is 10.2 Å². The Morgan fingerprint density at radius 1 is 1.03 bits per heavy atom. The zero-order valence-corrected chi connectivity index (χ0v) is 17.6. The molecule has 9 heteroatoms. The van der Waals surface area contributed by atoms with Crippen LogP contribution >= 0.6 is 11.6 Å². The van der Waals surface area contributed by atoms with Gasteiger partial charge in [-0.2, -0.15) is 0 Å². The summed E-state index contributed by atoms with van der Waals surface area (Å²) in [5, 5.41) is 20.3. The zero-order chi connectivity index (χ0) is 22.0. The van der Waals surface area contributed by atoms with Crippen LogP contribution in [0.3, 0.4) is 0 Å². The molecule has 1 saturated heterocycles. The van der Waals surface area contributed by atoms with E-state index in [4.69, 9.17) is 11.6 Å². The van der Waals surface area contributed by atoms with Crippen molar-refractivity contribution in [1.29, 1.82) is 0 Å². The molecule has 1 fully saturated rings. The zero-order valence-electron chi connectivity index (χ0n) is 16.9. The van der Waals surface area contributed by atoms with Gasteiger partial charge in [0.1, 0.15) is 5.56 Å². The number of amides is 1. The lowest BCUT2D eigenvalue weighted by atomic mass is 10.1. The number of hydrogen-bond donors (Lipinski definition) is 0.